The molecule has 0 saturated carbocycles. The predicted molar refractivity (Wildman–Crippen MR) is 175 cm³/mol. The molecule has 234 valence electrons. The van der Waals surface area contributed by atoms with Crippen LogP contribution < -0.4 is 25.8 Å². The number of ether oxygens (including phenoxy) is 1. The molecule has 1 aromatic heterocycles. The van der Waals surface area contributed by atoms with Crippen molar-refractivity contribution in [3.8, 4) is 11.4 Å². The van der Waals surface area contributed by atoms with Gasteiger partial charge in [0.25, 0.3) is 0 Å². The van der Waals surface area contributed by atoms with Crippen LogP contribution >= 0.6 is 0 Å². The highest BCUT2D eigenvalue weighted by Gasteiger charge is 2.34. The van der Waals surface area contributed by atoms with Gasteiger partial charge >= 0.3 is 6.03 Å². The first-order chi connectivity index (χ1) is 21.2. The number of likely N-dealkylation sites (N-methyl/N-ethyl adjacent to an activating group) is 1. The molecule has 0 spiro atoms. The van der Waals surface area contributed by atoms with Crippen LogP contribution in [0.1, 0.15) is 12.8 Å². The van der Waals surface area contributed by atoms with E-state index in [2.05, 4.69) is 42.7 Å². The van der Waals surface area contributed by atoms with Crippen LogP contribution in [0.15, 0.2) is 54.6 Å². The number of fused-ring (bicyclic) bond motifs is 2. The number of anilines is 5. The maximum Gasteiger partial charge on any atom is 0.323 e. The second-order valence-electron chi connectivity index (χ2n) is 11.8. The molecule has 3 N–H and O–H groups in total. The first-order valence-corrected chi connectivity index (χ1v) is 17.2. The number of carbonyl (C=O) groups excluding carboxylic acids is 1. The van der Waals surface area contributed by atoms with E-state index in [9.17, 15) is 13.2 Å². The van der Waals surface area contributed by atoms with Crippen molar-refractivity contribution >= 4 is 44.6 Å². The molecule has 3 fully saturated rings. The first-order valence-electron chi connectivity index (χ1n) is 15.1. The van der Waals surface area contributed by atoms with Crippen molar-refractivity contribution in [2.24, 2.45) is 0 Å². The third-order valence-corrected chi connectivity index (χ3v) is 9.20. The van der Waals surface area contributed by atoms with E-state index in [0.29, 0.717) is 17.3 Å². The summed E-state index contributed by atoms with van der Waals surface area (Å²) < 4.78 is 29.3. The Kier molecular flexibility index (Phi) is 8.87. The predicted octanol–water partition coefficient (Wildman–Crippen LogP) is 3.36. The Labute approximate surface area is 258 Å². The number of rotatable bonds is 9. The normalized spacial score (nSPS) is 20.4. The lowest BCUT2D eigenvalue weighted by atomic mass is 10.2. The molecule has 2 bridgehead atoms. The van der Waals surface area contributed by atoms with E-state index >= 15 is 0 Å². The third kappa shape index (κ3) is 7.76. The fourth-order valence-electron chi connectivity index (χ4n) is 5.80. The Morgan fingerprint density at radius 3 is 2.11 bits per heavy atom. The van der Waals surface area contributed by atoms with Crippen molar-refractivity contribution in [2.75, 3.05) is 90.6 Å². The largest absolute Gasteiger partial charge is 0.371 e. The Morgan fingerprint density at radius 2 is 1.50 bits per heavy atom. The molecular formula is C31H40N8O4S. The average molecular weight is 621 g/mol. The zero-order chi connectivity index (χ0) is 30.7. The van der Waals surface area contributed by atoms with Gasteiger partial charge in [-0.1, -0.05) is 0 Å². The number of benzene rings is 2. The fourth-order valence-corrected chi connectivity index (χ4v) is 6.27. The third-order valence-electron chi connectivity index (χ3n) is 8.25. The van der Waals surface area contributed by atoms with Crippen LogP contribution in [0.25, 0.3) is 11.4 Å². The van der Waals surface area contributed by atoms with Crippen LogP contribution in [-0.2, 0) is 14.6 Å². The maximum atomic E-state index is 12.7. The van der Waals surface area contributed by atoms with Crippen LogP contribution in [0, 0.1) is 0 Å². The smallest absolute Gasteiger partial charge is 0.323 e. The molecule has 3 saturated heterocycles. The Hall–Kier alpha value is -3.94. The molecule has 0 aliphatic carbocycles. The summed E-state index contributed by atoms with van der Waals surface area (Å²) in [6, 6.07) is 16.8. The molecule has 2 amide bonds. The molecule has 0 radical (unpaired) electrons. The van der Waals surface area contributed by atoms with Crippen LogP contribution in [-0.4, -0.2) is 106 Å². The Bertz CT molecular complexity index is 1550. The van der Waals surface area contributed by atoms with Gasteiger partial charge in [-0.15, -0.1) is 0 Å². The zero-order valence-corrected chi connectivity index (χ0v) is 26.0. The molecule has 3 aliphatic heterocycles. The molecule has 44 heavy (non-hydrogen) atoms. The van der Waals surface area contributed by atoms with Gasteiger partial charge in [0.15, 0.2) is 5.82 Å². The molecule has 3 aliphatic rings. The number of morpholine rings is 1. The number of aromatic nitrogens is 2. The molecule has 4 heterocycles. The fraction of sp³-hybridized carbons (Fsp3) is 0.452. The summed E-state index contributed by atoms with van der Waals surface area (Å²) >= 11 is 0. The number of nitrogens with one attached hydrogen (secondary N) is 3. The van der Waals surface area contributed by atoms with Crippen molar-refractivity contribution in [1.29, 1.82) is 0 Å². The molecule has 3 aromatic rings. The van der Waals surface area contributed by atoms with E-state index in [1.807, 2.05) is 54.6 Å². The highest BCUT2D eigenvalue weighted by molar-refractivity contribution is 7.90. The molecule has 6 rings (SSSR count). The monoisotopic (exact) mass is 620 g/mol. The van der Waals surface area contributed by atoms with Crippen molar-refractivity contribution < 1.29 is 17.9 Å². The van der Waals surface area contributed by atoms with E-state index in [4.69, 9.17) is 9.72 Å². The summed E-state index contributed by atoms with van der Waals surface area (Å²) in [5, 5.41) is 8.94. The average Bonchev–Trinajstić information content (AvgIpc) is 3.34. The first kappa shape index (κ1) is 30.1. The van der Waals surface area contributed by atoms with Gasteiger partial charge in [0.2, 0.25) is 0 Å². The minimum Gasteiger partial charge on any atom is -0.371 e. The van der Waals surface area contributed by atoms with Gasteiger partial charge < -0.3 is 35.4 Å². The van der Waals surface area contributed by atoms with E-state index in [-0.39, 0.29) is 30.5 Å². The second kappa shape index (κ2) is 13.0. The SMILES string of the molecule is CN1CCN(c2ccc(NC(=O)Nc3ccc(-c4nc(NCCS(C)(=O)=O)cc(N5CC6CCC(C5)O6)n4)cc3)cc2)CC1. The van der Waals surface area contributed by atoms with E-state index in [1.165, 1.54) is 6.26 Å². The van der Waals surface area contributed by atoms with Crippen LogP contribution in [0.3, 0.4) is 0 Å². The molecule has 2 unspecified atom stereocenters. The summed E-state index contributed by atoms with van der Waals surface area (Å²) in [7, 11) is -0.976. The highest BCUT2D eigenvalue weighted by Crippen LogP contribution is 2.31. The van der Waals surface area contributed by atoms with Gasteiger partial charge in [0.05, 0.1) is 18.0 Å². The number of hydrogen-bond donors (Lipinski definition) is 3. The second-order valence-corrected chi connectivity index (χ2v) is 14.1. The van der Waals surface area contributed by atoms with E-state index < -0.39 is 9.84 Å². The van der Waals surface area contributed by atoms with Crippen molar-refractivity contribution in [3.05, 3.63) is 54.6 Å². The minimum absolute atomic E-state index is 0.00616. The summed E-state index contributed by atoms with van der Waals surface area (Å²) in [6.45, 7) is 5.82. The molecule has 2 atom stereocenters. The lowest BCUT2D eigenvalue weighted by Crippen LogP contribution is -2.44. The van der Waals surface area contributed by atoms with Gasteiger partial charge in [-0.2, -0.15) is 0 Å². The van der Waals surface area contributed by atoms with Gasteiger partial charge in [-0.05, 0) is 68.4 Å². The number of carbonyl (C=O) groups is 1. The molecule has 13 heteroatoms. The van der Waals surface area contributed by atoms with E-state index in [0.717, 1.165) is 74.9 Å². The van der Waals surface area contributed by atoms with Crippen molar-refractivity contribution in [3.63, 3.8) is 0 Å². The van der Waals surface area contributed by atoms with Crippen molar-refractivity contribution in [2.45, 2.75) is 25.0 Å². The van der Waals surface area contributed by atoms with Crippen LogP contribution in [0.4, 0.5) is 33.5 Å². The van der Waals surface area contributed by atoms with Crippen LogP contribution in [0.2, 0.25) is 0 Å². The number of sulfone groups is 1. The van der Waals surface area contributed by atoms with E-state index in [1.54, 1.807) is 0 Å². The molecule has 12 nitrogen and oxygen atoms in total. The number of hydrogen-bond acceptors (Lipinski definition) is 10. The summed E-state index contributed by atoms with van der Waals surface area (Å²) in [5.41, 5.74) is 3.28. The zero-order valence-electron chi connectivity index (χ0n) is 25.2. The number of urea groups is 1. The minimum atomic E-state index is -3.11. The highest BCUT2D eigenvalue weighted by atomic mass is 32.2. The Morgan fingerprint density at radius 1 is 0.886 bits per heavy atom. The molecular weight excluding hydrogens is 580 g/mol. The number of amides is 2. The lowest BCUT2D eigenvalue weighted by Gasteiger charge is -2.34. The van der Waals surface area contributed by atoms with Crippen molar-refractivity contribution in [1.82, 2.24) is 14.9 Å². The number of piperazine rings is 1. The summed E-state index contributed by atoms with van der Waals surface area (Å²) in [6.07, 6.45) is 3.70. The van der Waals surface area contributed by atoms with Crippen LogP contribution in [0.5, 0.6) is 0 Å². The number of nitrogens with zero attached hydrogens (tertiary/aromatic N) is 5. The van der Waals surface area contributed by atoms with Gasteiger partial charge in [-0.25, -0.2) is 23.2 Å². The summed E-state index contributed by atoms with van der Waals surface area (Å²) in [4.78, 5) is 29.2. The molecule has 2 aromatic carbocycles. The quantitative estimate of drug-likeness (QED) is 0.327. The van der Waals surface area contributed by atoms with Gasteiger partial charge in [-0.3, -0.25) is 0 Å². The van der Waals surface area contributed by atoms with Gasteiger partial charge in [0, 0.05) is 80.8 Å². The topological polar surface area (TPSA) is 132 Å². The lowest BCUT2D eigenvalue weighted by molar-refractivity contribution is 0.0302. The Balaban J connectivity index is 1.11. The maximum absolute atomic E-state index is 12.7. The summed E-state index contributed by atoms with van der Waals surface area (Å²) in [5.74, 6) is 1.86. The van der Waals surface area contributed by atoms with Gasteiger partial charge in [0.1, 0.15) is 21.5 Å². The standard InChI is InChI=1S/C31H40N8O4S/c1-37-14-16-38(17-15-37)25-9-7-24(8-10-25)34-31(40)33-23-5-3-22(4-6-23)30-35-28(32-13-18-44(2,41)42)19-29(36-30)39-20-26-11-12-27(21-39)43-26/h3-10,19,26-27H,11-18,20-21H2,1-2H3,(H,32,35,36)(H2,33,34,40).